The second kappa shape index (κ2) is 6.19. The second-order valence-electron chi connectivity index (χ2n) is 5.23. The molecule has 5 heteroatoms. The van der Waals surface area contributed by atoms with Crippen LogP contribution in [0.3, 0.4) is 0 Å². The van der Waals surface area contributed by atoms with E-state index in [1.165, 1.54) is 19.4 Å². The van der Waals surface area contributed by atoms with Crippen LogP contribution >= 0.6 is 0 Å². The molecule has 0 aromatic carbocycles. The summed E-state index contributed by atoms with van der Waals surface area (Å²) in [6.07, 6.45) is 4.25. The van der Waals surface area contributed by atoms with E-state index >= 15 is 0 Å². The summed E-state index contributed by atoms with van der Waals surface area (Å²) in [5, 5.41) is 3.12. The molecule has 0 bridgehead atoms. The molecule has 1 aliphatic rings. The molecule has 0 aliphatic carbocycles. The molecule has 1 atom stereocenters. The van der Waals surface area contributed by atoms with Gasteiger partial charge in [0.15, 0.2) is 0 Å². The lowest BCUT2D eigenvalue weighted by atomic mass is 10.2. The number of nitrogens with one attached hydrogen (secondary N) is 1. The smallest absolute Gasteiger partial charge is 0.136 e. The van der Waals surface area contributed by atoms with Gasteiger partial charge in [0.2, 0.25) is 0 Å². The number of rotatable bonds is 5. The first kappa shape index (κ1) is 14.1. The highest BCUT2D eigenvalue weighted by Crippen LogP contribution is 2.23. The van der Waals surface area contributed by atoms with Crippen molar-refractivity contribution in [2.24, 2.45) is 0 Å². The van der Waals surface area contributed by atoms with Crippen molar-refractivity contribution in [1.29, 1.82) is 0 Å². The van der Waals surface area contributed by atoms with Gasteiger partial charge in [-0.1, -0.05) is 6.92 Å². The third kappa shape index (κ3) is 2.97. The molecule has 0 radical (unpaired) electrons. The summed E-state index contributed by atoms with van der Waals surface area (Å²) in [6.45, 7) is 7.73. The first-order valence-electron chi connectivity index (χ1n) is 7.11. The Balaban J connectivity index is 2.09. The summed E-state index contributed by atoms with van der Waals surface area (Å²) in [7, 11) is 4.02. The van der Waals surface area contributed by atoms with Crippen LogP contribution in [-0.4, -0.2) is 54.6 Å². The Hall–Kier alpha value is -1.36. The second-order valence-corrected chi connectivity index (χ2v) is 5.23. The Kier molecular flexibility index (Phi) is 4.58. The molecule has 1 N–H and O–H groups in total. The van der Waals surface area contributed by atoms with E-state index < -0.39 is 0 Å². The first-order chi connectivity index (χ1) is 9.17. The third-order valence-electron chi connectivity index (χ3n) is 4.05. The van der Waals surface area contributed by atoms with Crippen LogP contribution in [-0.2, 0) is 0 Å². The van der Waals surface area contributed by atoms with Crippen molar-refractivity contribution in [3.8, 4) is 0 Å². The van der Waals surface area contributed by atoms with Gasteiger partial charge in [-0.05, 0) is 32.9 Å². The van der Waals surface area contributed by atoms with E-state index in [0.29, 0.717) is 6.04 Å². The zero-order valence-corrected chi connectivity index (χ0v) is 12.5. The molecule has 106 valence electrons. The van der Waals surface area contributed by atoms with Crippen molar-refractivity contribution in [1.82, 2.24) is 14.9 Å². The van der Waals surface area contributed by atoms with E-state index in [1.54, 1.807) is 6.33 Å². The predicted molar refractivity (Wildman–Crippen MR) is 79.9 cm³/mol. The van der Waals surface area contributed by atoms with Crippen molar-refractivity contribution < 1.29 is 0 Å². The van der Waals surface area contributed by atoms with Crippen LogP contribution in [0.4, 0.5) is 11.6 Å². The van der Waals surface area contributed by atoms with Gasteiger partial charge in [0.25, 0.3) is 0 Å². The molecule has 19 heavy (non-hydrogen) atoms. The Bertz CT molecular complexity index is 420. The van der Waals surface area contributed by atoms with E-state index in [0.717, 1.165) is 30.3 Å². The minimum absolute atomic E-state index is 0.655. The van der Waals surface area contributed by atoms with Gasteiger partial charge >= 0.3 is 0 Å². The molecule has 1 saturated heterocycles. The van der Waals surface area contributed by atoms with Crippen molar-refractivity contribution in [3.63, 3.8) is 0 Å². The van der Waals surface area contributed by atoms with Crippen LogP contribution in [0.25, 0.3) is 0 Å². The first-order valence-corrected chi connectivity index (χ1v) is 7.11. The average molecular weight is 263 g/mol. The van der Waals surface area contributed by atoms with Crippen LogP contribution in [0, 0.1) is 6.92 Å². The van der Waals surface area contributed by atoms with E-state index in [1.807, 2.05) is 7.05 Å². The van der Waals surface area contributed by atoms with E-state index in [2.05, 4.69) is 46.0 Å². The summed E-state index contributed by atoms with van der Waals surface area (Å²) < 4.78 is 0. The molecule has 0 amide bonds. The van der Waals surface area contributed by atoms with Gasteiger partial charge in [-0.3, -0.25) is 4.90 Å². The summed E-state index contributed by atoms with van der Waals surface area (Å²) in [5.74, 6) is 1.94. The van der Waals surface area contributed by atoms with Gasteiger partial charge in [0.05, 0.1) is 0 Å². The molecule has 0 saturated carbocycles. The number of hydrogen-bond donors (Lipinski definition) is 1. The van der Waals surface area contributed by atoms with Crippen molar-refractivity contribution >= 4 is 11.6 Å². The van der Waals surface area contributed by atoms with Gasteiger partial charge in [0, 0.05) is 32.2 Å². The van der Waals surface area contributed by atoms with Gasteiger partial charge in [-0.15, -0.1) is 0 Å². The molecular formula is C14H25N5. The number of hydrogen-bond acceptors (Lipinski definition) is 5. The zero-order chi connectivity index (χ0) is 13.8. The molecule has 1 fully saturated rings. The highest BCUT2D eigenvalue weighted by atomic mass is 15.2. The fraction of sp³-hybridized carbons (Fsp3) is 0.714. The summed E-state index contributed by atoms with van der Waals surface area (Å²) in [6, 6.07) is 0.655. The summed E-state index contributed by atoms with van der Waals surface area (Å²) >= 11 is 0. The number of likely N-dealkylation sites (tertiary alicyclic amines) is 1. The lowest BCUT2D eigenvalue weighted by molar-refractivity contribution is 0.270. The Morgan fingerprint density at radius 3 is 2.95 bits per heavy atom. The number of nitrogens with zero attached hydrogens (tertiary/aromatic N) is 4. The van der Waals surface area contributed by atoms with Crippen LogP contribution in [0.2, 0.25) is 0 Å². The Labute approximate surface area is 116 Å². The number of likely N-dealkylation sites (N-methyl/N-ethyl adjacent to an activating group) is 2. The monoisotopic (exact) mass is 263 g/mol. The maximum absolute atomic E-state index is 4.44. The van der Waals surface area contributed by atoms with Gasteiger partial charge in [0.1, 0.15) is 18.0 Å². The largest absolute Gasteiger partial charge is 0.373 e. The average Bonchev–Trinajstić information content (AvgIpc) is 2.86. The van der Waals surface area contributed by atoms with E-state index in [9.17, 15) is 0 Å². The molecular weight excluding hydrogens is 238 g/mol. The molecule has 2 rings (SSSR count). The predicted octanol–water partition coefficient (Wildman–Crippen LogP) is 1.75. The highest BCUT2D eigenvalue weighted by molar-refractivity contribution is 5.57. The maximum atomic E-state index is 4.44. The summed E-state index contributed by atoms with van der Waals surface area (Å²) in [5.41, 5.74) is 1.12. The molecule has 1 aromatic rings. The molecule has 1 aromatic heterocycles. The van der Waals surface area contributed by atoms with Crippen LogP contribution in [0.1, 0.15) is 25.3 Å². The van der Waals surface area contributed by atoms with Gasteiger partial charge in [-0.25, -0.2) is 9.97 Å². The van der Waals surface area contributed by atoms with Gasteiger partial charge < -0.3 is 10.2 Å². The minimum Gasteiger partial charge on any atom is -0.373 e. The van der Waals surface area contributed by atoms with Crippen LogP contribution < -0.4 is 10.2 Å². The van der Waals surface area contributed by atoms with Crippen molar-refractivity contribution in [2.45, 2.75) is 32.7 Å². The number of anilines is 2. The van der Waals surface area contributed by atoms with Crippen LogP contribution in [0.15, 0.2) is 6.33 Å². The lowest BCUT2D eigenvalue weighted by Crippen LogP contribution is -2.39. The van der Waals surface area contributed by atoms with E-state index in [-0.39, 0.29) is 0 Å². The normalized spacial score (nSPS) is 19.7. The SMILES string of the molecule is CCN1CCCC1CN(C)c1ncnc(NC)c1C. The van der Waals surface area contributed by atoms with Gasteiger partial charge in [-0.2, -0.15) is 0 Å². The number of aromatic nitrogens is 2. The van der Waals surface area contributed by atoms with E-state index in [4.69, 9.17) is 0 Å². The molecule has 0 spiro atoms. The Morgan fingerprint density at radius 2 is 2.26 bits per heavy atom. The summed E-state index contributed by atoms with van der Waals surface area (Å²) in [4.78, 5) is 13.5. The molecule has 2 heterocycles. The van der Waals surface area contributed by atoms with Crippen molar-refractivity contribution in [2.75, 3.05) is 43.9 Å². The minimum atomic E-state index is 0.655. The fourth-order valence-corrected chi connectivity index (χ4v) is 3.00. The standard InChI is InChI=1S/C14H25N5/c1-5-19-8-6-7-12(19)9-18(4)14-11(2)13(15-3)16-10-17-14/h10,12H,5-9H2,1-4H3,(H,15,16,17). The molecule has 5 nitrogen and oxygen atoms in total. The fourth-order valence-electron chi connectivity index (χ4n) is 3.00. The zero-order valence-electron chi connectivity index (χ0n) is 12.5. The third-order valence-corrected chi connectivity index (χ3v) is 4.05. The molecule has 1 unspecified atom stereocenters. The Morgan fingerprint density at radius 1 is 1.47 bits per heavy atom. The molecule has 1 aliphatic heterocycles. The van der Waals surface area contributed by atoms with Crippen molar-refractivity contribution in [3.05, 3.63) is 11.9 Å². The topological polar surface area (TPSA) is 44.3 Å². The lowest BCUT2D eigenvalue weighted by Gasteiger charge is -2.29. The quantitative estimate of drug-likeness (QED) is 0.877. The highest BCUT2D eigenvalue weighted by Gasteiger charge is 2.25. The maximum Gasteiger partial charge on any atom is 0.136 e. The van der Waals surface area contributed by atoms with Crippen LogP contribution in [0.5, 0.6) is 0 Å².